The van der Waals surface area contributed by atoms with Crippen LogP contribution in [0.3, 0.4) is 0 Å². The van der Waals surface area contributed by atoms with E-state index in [2.05, 4.69) is 5.32 Å². The van der Waals surface area contributed by atoms with Crippen molar-refractivity contribution in [3.05, 3.63) is 78.4 Å². The van der Waals surface area contributed by atoms with Gasteiger partial charge in [0.15, 0.2) is 0 Å². The molecule has 1 atom stereocenters. The van der Waals surface area contributed by atoms with E-state index in [-0.39, 0.29) is 23.9 Å². The molecule has 0 aromatic heterocycles. The predicted molar refractivity (Wildman–Crippen MR) is 129 cm³/mol. The van der Waals surface area contributed by atoms with Crippen LogP contribution in [0.2, 0.25) is 0 Å². The molecule has 0 aliphatic rings. The third kappa shape index (κ3) is 5.77. The molecule has 3 aromatic rings. The summed E-state index contributed by atoms with van der Waals surface area (Å²) in [6.45, 7) is 3.70. The second-order valence-corrected chi connectivity index (χ2v) is 9.89. The second kappa shape index (κ2) is 10.6. The SMILES string of the molecule is CCNC(=O)C(C)N(Cc1ccccc1)C(=O)CN(C)S(=O)(=O)c1ccc2ccccc2c1. The maximum Gasteiger partial charge on any atom is 0.243 e. The zero-order valence-electron chi connectivity index (χ0n) is 19.1. The number of carbonyl (C=O) groups excluding carboxylic acids is 2. The maximum absolute atomic E-state index is 13.2. The van der Waals surface area contributed by atoms with E-state index in [0.29, 0.717) is 6.54 Å². The summed E-state index contributed by atoms with van der Waals surface area (Å²) < 4.78 is 27.4. The van der Waals surface area contributed by atoms with E-state index in [0.717, 1.165) is 20.6 Å². The van der Waals surface area contributed by atoms with Crippen LogP contribution in [0, 0.1) is 0 Å². The molecule has 33 heavy (non-hydrogen) atoms. The van der Waals surface area contributed by atoms with Gasteiger partial charge < -0.3 is 10.2 Å². The van der Waals surface area contributed by atoms with Gasteiger partial charge >= 0.3 is 0 Å². The molecule has 0 saturated heterocycles. The van der Waals surface area contributed by atoms with Crippen LogP contribution in [0.25, 0.3) is 10.8 Å². The molecule has 3 aromatic carbocycles. The summed E-state index contributed by atoms with van der Waals surface area (Å²) in [4.78, 5) is 27.2. The lowest BCUT2D eigenvalue weighted by Crippen LogP contribution is -2.50. The second-order valence-electron chi connectivity index (χ2n) is 7.85. The number of rotatable bonds is 9. The van der Waals surface area contributed by atoms with Gasteiger partial charge in [0.25, 0.3) is 0 Å². The van der Waals surface area contributed by atoms with Crippen LogP contribution >= 0.6 is 0 Å². The predicted octanol–water partition coefficient (Wildman–Crippen LogP) is 3.01. The molecule has 7 nitrogen and oxygen atoms in total. The minimum absolute atomic E-state index is 0.114. The van der Waals surface area contributed by atoms with Crippen LogP contribution in [-0.4, -0.2) is 55.6 Å². The Morgan fingerprint density at radius 3 is 2.24 bits per heavy atom. The largest absolute Gasteiger partial charge is 0.355 e. The first-order chi connectivity index (χ1) is 15.7. The Bertz CT molecular complexity index is 1230. The van der Waals surface area contributed by atoms with Crippen molar-refractivity contribution in [2.45, 2.75) is 31.3 Å². The number of likely N-dealkylation sites (N-methyl/N-ethyl adjacent to an activating group) is 2. The smallest absolute Gasteiger partial charge is 0.243 e. The molecule has 3 rings (SSSR count). The number of amides is 2. The third-order valence-electron chi connectivity index (χ3n) is 5.50. The first-order valence-electron chi connectivity index (χ1n) is 10.8. The Morgan fingerprint density at radius 2 is 1.58 bits per heavy atom. The molecule has 8 heteroatoms. The molecule has 1 unspecified atom stereocenters. The fraction of sp³-hybridized carbons (Fsp3) is 0.280. The lowest BCUT2D eigenvalue weighted by molar-refractivity contribution is -0.140. The fourth-order valence-electron chi connectivity index (χ4n) is 3.56. The highest BCUT2D eigenvalue weighted by atomic mass is 32.2. The van der Waals surface area contributed by atoms with Gasteiger partial charge in [-0.05, 0) is 42.3 Å². The summed E-state index contributed by atoms with van der Waals surface area (Å²) in [5.74, 6) is -0.744. The number of benzene rings is 3. The lowest BCUT2D eigenvalue weighted by atomic mass is 10.1. The standard InChI is InChI=1S/C25H29N3O4S/c1-4-26-25(30)19(2)28(17-20-10-6-5-7-11-20)24(29)18-27(3)33(31,32)23-15-14-21-12-8-9-13-22(21)16-23/h5-16,19H,4,17-18H2,1-3H3,(H,26,30). The minimum atomic E-state index is -3.90. The summed E-state index contributed by atoms with van der Waals surface area (Å²) in [5, 5.41) is 4.46. The van der Waals surface area contributed by atoms with Crippen molar-refractivity contribution < 1.29 is 18.0 Å². The van der Waals surface area contributed by atoms with Crippen molar-refractivity contribution in [1.82, 2.24) is 14.5 Å². The van der Waals surface area contributed by atoms with Crippen molar-refractivity contribution in [3.8, 4) is 0 Å². The van der Waals surface area contributed by atoms with Gasteiger partial charge in [-0.2, -0.15) is 4.31 Å². The Balaban J connectivity index is 1.83. The Labute approximate surface area is 195 Å². The van der Waals surface area contributed by atoms with Gasteiger partial charge in [-0.3, -0.25) is 9.59 Å². The normalized spacial score (nSPS) is 12.5. The topological polar surface area (TPSA) is 86.8 Å². The quantitative estimate of drug-likeness (QED) is 0.524. The fourth-order valence-corrected chi connectivity index (χ4v) is 4.71. The number of fused-ring (bicyclic) bond motifs is 1. The molecule has 0 bridgehead atoms. The summed E-state index contributed by atoms with van der Waals surface area (Å²) in [6.07, 6.45) is 0. The monoisotopic (exact) mass is 467 g/mol. The van der Waals surface area contributed by atoms with E-state index in [4.69, 9.17) is 0 Å². The number of nitrogens with zero attached hydrogens (tertiary/aromatic N) is 2. The zero-order valence-corrected chi connectivity index (χ0v) is 19.9. The molecule has 0 fully saturated rings. The van der Waals surface area contributed by atoms with Gasteiger partial charge in [0.2, 0.25) is 21.8 Å². The Hall–Kier alpha value is -3.23. The van der Waals surface area contributed by atoms with Crippen molar-refractivity contribution in [3.63, 3.8) is 0 Å². The van der Waals surface area contributed by atoms with E-state index in [1.54, 1.807) is 26.0 Å². The van der Waals surface area contributed by atoms with E-state index in [1.807, 2.05) is 54.6 Å². The van der Waals surface area contributed by atoms with Crippen molar-refractivity contribution in [1.29, 1.82) is 0 Å². The molecular formula is C25H29N3O4S. The van der Waals surface area contributed by atoms with Crippen LogP contribution in [0.4, 0.5) is 0 Å². The van der Waals surface area contributed by atoms with Crippen LogP contribution < -0.4 is 5.32 Å². The molecule has 0 spiro atoms. The average molecular weight is 468 g/mol. The zero-order chi connectivity index (χ0) is 24.0. The van der Waals surface area contributed by atoms with Crippen molar-refractivity contribution >= 4 is 32.6 Å². The van der Waals surface area contributed by atoms with Crippen LogP contribution in [0.1, 0.15) is 19.4 Å². The molecule has 0 heterocycles. The van der Waals surface area contributed by atoms with Gasteiger partial charge in [0.05, 0.1) is 11.4 Å². The van der Waals surface area contributed by atoms with E-state index in [1.165, 1.54) is 18.0 Å². The highest BCUT2D eigenvalue weighted by Crippen LogP contribution is 2.21. The minimum Gasteiger partial charge on any atom is -0.355 e. The molecule has 174 valence electrons. The number of hydrogen-bond donors (Lipinski definition) is 1. The first kappa shape index (κ1) is 24.4. The van der Waals surface area contributed by atoms with Gasteiger partial charge in [0, 0.05) is 20.1 Å². The highest BCUT2D eigenvalue weighted by Gasteiger charge is 2.30. The van der Waals surface area contributed by atoms with Gasteiger partial charge in [-0.15, -0.1) is 0 Å². The molecule has 0 radical (unpaired) electrons. The van der Waals surface area contributed by atoms with Crippen LogP contribution in [0.15, 0.2) is 77.7 Å². The summed E-state index contributed by atoms with van der Waals surface area (Å²) in [5.41, 5.74) is 0.849. The van der Waals surface area contributed by atoms with Crippen LogP contribution in [-0.2, 0) is 26.2 Å². The van der Waals surface area contributed by atoms with Gasteiger partial charge in [-0.25, -0.2) is 8.42 Å². The highest BCUT2D eigenvalue weighted by molar-refractivity contribution is 7.89. The number of sulfonamides is 1. The molecule has 0 aliphatic carbocycles. The summed E-state index contributed by atoms with van der Waals surface area (Å²) >= 11 is 0. The van der Waals surface area contributed by atoms with E-state index >= 15 is 0 Å². The Kier molecular flexibility index (Phi) is 7.84. The molecule has 1 N–H and O–H groups in total. The summed E-state index contributed by atoms with van der Waals surface area (Å²) in [6, 6.07) is 20.9. The number of hydrogen-bond acceptors (Lipinski definition) is 4. The van der Waals surface area contributed by atoms with Crippen molar-refractivity contribution in [2.75, 3.05) is 20.1 Å². The number of carbonyl (C=O) groups is 2. The molecular weight excluding hydrogens is 438 g/mol. The van der Waals surface area contributed by atoms with E-state index in [9.17, 15) is 18.0 Å². The van der Waals surface area contributed by atoms with Crippen LogP contribution in [0.5, 0.6) is 0 Å². The van der Waals surface area contributed by atoms with Gasteiger partial charge in [-0.1, -0.05) is 60.7 Å². The molecule has 0 aliphatic heterocycles. The molecule has 0 saturated carbocycles. The summed E-state index contributed by atoms with van der Waals surface area (Å²) in [7, 11) is -2.53. The first-order valence-corrected chi connectivity index (χ1v) is 12.2. The van der Waals surface area contributed by atoms with Gasteiger partial charge in [0.1, 0.15) is 6.04 Å². The Morgan fingerprint density at radius 1 is 0.939 bits per heavy atom. The average Bonchev–Trinajstić information content (AvgIpc) is 2.82. The third-order valence-corrected chi connectivity index (χ3v) is 7.30. The van der Waals surface area contributed by atoms with E-state index < -0.39 is 22.0 Å². The maximum atomic E-state index is 13.2. The van der Waals surface area contributed by atoms with Crippen molar-refractivity contribution in [2.24, 2.45) is 0 Å². The number of nitrogens with one attached hydrogen (secondary N) is 1. The molecule has 2 amide bonds. The lowest BCUT2D eigenvalue weighted by Gasteiger charge is -2.30.